The highest BCUT2D eigenvalue weighted by molar-refractivity contribution is 7.90. The van der Waals surface area contributed by atoms with Gasteiger partial charge in [-0.25, -0.2) is 0 Å². The van der Waals surface area contributed by atoms with Gasteiger partial charge in [0.05, 0.1) is 0 Å². The van der Waals surface area contributed by atoms with Crippen LogP contribution in [0.5, 0.6) is 11.5 Å². The molecule has 0 atom stereocenters. The van der Waals surface area contributed by atoms with Gasteiger partial charge in [0.1, 0.15) is 0 Å². The van der Waals surface area contributed by atoms with Gasteiger partial charge in [0.25, 0.3) is 12.3 Å². The summed E-state index contributed by atoms with van der Waals surface area (Å²) >= 11 is 1.03. The first-order valence-corrected chi connectivity index (χ1v) is 5.46. The lowest BCUT2D eigenvalue weighted by Crippen LogP contribution is -2.14. The molecule has 3 heteroatoms. The van der Waals surface area contributed by atoms with Crippen LogP contribution in [-0.4, -0.2) is 0 Å². The molecule has 1 aliphatic rings. The third kappa shape index (κ3) is 1.57. The molecule has 0 unspecified atom stereocenters. The minimum atomic E-state index is 0.200. The Morgan fingerprint density at radius 2 is 1.93 bits per heavy atom. The van der Waals surface area contributed by atoms with E-state index < -0.39 is 0 Å². The maximum atomic E-state index is 5.27. The van der Waals surface area contributed by atoms with E-state index in [1.165, 1.54) is 5.56 Å². The van der Waals surface area contributed by atoms with Crippen molar-refractivity contribution in [3.8, 4) is 11.5 Å². The molecule has 1 aliphatic heterocycles. The van der Waals surface area contributed by atoms with E-state index in [1.807, 2.05) is 6.07 Å². The molecule has 2 rings (SSSR count). The average molecular weight is 210 g/mol. The molecular formula is C11H14O2S. The van der Waals surface area contributed by atoms with E-state index in [0.29, 0.717) is 0 Å². The minimum Gasteiger partial charge on any atom is -0.387 e. The lowest BCUT2D eigenvalue weighted by molar-refractivity contribution is 0.503. The van der Waals surface area contributed by atoms with Gasteiger partial charge >= 0.3 is 0 Å². The summed E-state index contributed by atoms with van der Waals surface area (Å²) in [5, 5.41) is 0. The topological polar surface area (TPSA) is 18.5 Å². The molecule has 0 saturated carbocycles. The van der Waals surface area contributed by atoms with Gasteiger partial charge in [-0.1, -0.05) is 26.8 Å². The highest BCUT2D eigenvalue weighted by Gasteiger charge is 2.22. The van der Waals surface area contributed by atoms with Crippen molar-refractivity contribution in [1.29, 1.82) is 0 Å². The Kier molecular flexibility index (Phi) is 2.35. The first kappa shape index (κ1) is 9.71. The van der Waals surface area contributed by atoms with Crippen molar-refractivity contribution in [3.63, 3.8) is 0 Å². The second-order valence-corrected chi connectivity index (χ2v) is 4.60. The van der Waals surface area contributed by atoms with Gasteiger partial charge in [0.2, 0.25) is 0 Å². The van der Waals surface area contributed by atoms with Gasteiger partial charge in [0.15, 0.2) is 11.5 Å². The molecule has 0 amide bonds. The SMILES string of the molecule is CCC(C)(C)c1ccc2c(c1)OSO2. The van der Waals surface area contributed by atoms with Crippen molar-refractivity contribution < 1.29 is 8.37 Å². The summed E-state index contributed by atoms with van der Waals surface area (Å²) in [5.41, 5.74) is 1.50. The Morgan fingerprint density at radius 3 is 2.64 bits per heavy atom. The van der Waals surface area contributed by atoms with Gasteiger partial charge < -0.3 is 8.37 Å². The van der Waals surface area contributed by atoms with Crippen LogP contribution in [0.3, 0.4) is 0 Å². The third-order valence-electron chi connectivity index (χ3n) is 2.86. The zero-order valence-corrected chi connectivity index (χ0v) is 9.48. The predicted octanol–water partition coefficient (Wildman–Crippen LogP) is 3.71. The summed E-state index contributed by atoms with van der Waals surface area (Å²) in [4.78, 5) is 0. The lowest BCUT2D eigenvalue weighted by atomic mass is 9.82. The van der Waals surface area contributed by atoms with E-state index in [-0.39, 0.29) is 5.41 Å². The van der Waals surface area contributed by atoms with Crippen LogP contribution in [0.4, 0.5) is 0 Å². The minimum absolute atomic E-state index is 0.200. The van der Waals surface area contributed by atoms with Crippen molar-refractivity contribution in [2.75, 3.05) is 0 Å². The van der Waals surface area contributed by atoms with Gasteiger partial charge in [0, 0.05) is 0 Å². The van der Waals surface area contributed by atoms with E-state index in [0.717, 1.165) is 30.2 Å². The Balaban J connectivity index is 2.38. The zero-order chi connectivity index (χ0) is 10.2. The van der Waals surface area contributed by atoms with Crippen molar-refractivity contribution in [3.05, 3.63) is 23.8 Å². The van der Waals surface area contributed by atoms with Crippen molar-refractivity contribution in [2.45, 2.75) is 32.6 Å². The lowest BCUT2D eigenvalue weighted by Gasteiger charge is -2.23. The largest absolute Gasteiger partial charge is 0.387 e. The summed E-state index contributed by atoms with van der Waals surface area (Å²) in [7, 11) is 0. The quantitative estimate of drug-likeness (QED) is 0.693. The fourth-order valence-electron chi connectivity index (χ4n) is 1.36. The van der Waals surface area contributed by atoms with E-state index in [2.05, 4.69) is 32.9 Å². The van der Waals surface area contributed by atoms with Gasteiger partial charge in [-0.3, -0.25) is 0 Å². The number of hydrogen-bond acceptors (Lipinski definition) is 3. The van der Waals surface area contributed by atoms with Gasteiger partial charge in [-0.15, -0.1) is 0 Å². The van der Waals surface area contributed by atoms with E-state index >= 15 is 0 Å². The first-order valence-electron chi connectivity index (χ1n) is 4.79. The molecule has 0 N–H and O–H groups in total. The van der Waals surface area contributed by atoms with Crippen LogP contribution >= 0.6 is 12.3 Å². The van der Waals surface area contributed by atoms with Gasteiger partial charge in [-0.2, -0.15) is 0 Å². The fourth-order valence-corrected chi connectivity index (χ4v) is 1.81. The highest BCUT2D eigenvalue weighted by atomic mass is 32.2. The molecular weight excluding hydrogens is 196 g/mol. The van der Waals surface area contributed by atoms with Crippen LogP contribution in [0.2, 0.25) is 0 Å². The fraction of sp³-hybridized carbons (Fsp3) is 0.455. The monoisotopic (exact) mass is 210 g/mol. The van der Waals surface area contributed by atoms with Crippen molar-refractivity contribution in [2.24, 2.45) is 0 Å². The van der Waals surface area contributed by atoms with Crippen LogP contribution in [0.1, 0.15) is 32.8 Å². The summed E-state index contributed by atoms with van der Waals surface area (Å²) in [6.07, 6.45) is 1.11. The van der Waals surface area contributed by atoms with Crippen LogP contribution in [-0.2, 0) is 5.41 Å². The molecule has 2 nitrogen and oxygen atoms in total. The number of fused-ring (bicyclic) bond motifs is 1. The molecule has 1 aromatic carbocycles. The zero-order valence-electron chi connectivity index (χ0n) is 8.66. The molecule has 0 saturated heterocycles. The maximum absolute atomic E-state index is 5.27. The molecule has 0 aliphatic carbocycles. The van der Waals surface area contributed by atoms with Crippen LogP contribution in [0.15, 0.2) is 18.2 Å². The molecule has 76 valence electrons. The predicted molar refractivity (Wildman–Crippen MR) is 58.6 cm³/mol. The van der Waals surface area contributed by atoms with Crippen molar-refractivity contribution >= 4 is 12.3 Å². The van der Waals surface area contributed by atoms with E-state index in [4.69, 9.17) is 8.37 Å². The summed E-state index contributed by atoms with van der Waals surface area (Å²) in [6, 6.07) is 6.15. The summed E-state index contributed by atoms with van der Waals surface area (Å²) < 4.78 is 10.5. The van der Waals surface area contributed by atoms with Crippen LogP contribution in [0.25, 0.3) is 0 Å². The Bertz CT molecular complexity index is 347. The molecule has 14 heavy (non-hydrogen) atoms. The molecule has 0 bridgehead atoms. The first-order chi connectivity index (χ1) is 6.63. The van der Waals surface area contributed by atoms with Crippen LogP contribution in [0, 0.1) is 0 Å². The van der Waals surface area contributed by atoms with Gasteiger partial charge in [-0.05, 0) is 29.5 Å². The second-order valence-electron chi connectivity index (χ2n) is 4.13. The van der Waals surface area contributed by atoms with E-state index in [1.54, 1.807) is 0 Å². The number of rotatable bonds is 2. The normalized spacial score (nSPS) is 14.5. The standard InChI is InChI=1S/C11H14O2S/c1-4-11(2,3)8-5-6-9-10(7-8)13-14-12-9/h5-7H,4H2,1-3H3. The highest BCUT2D eigenvalue weighted by Crippen LogP contribution is 2.41. The van der Waals surface area contributed by atoms with Crippen LogP contribution < -0.4 is 8.37 Å². The van der Waals surface area contributed by atoms with Crippen molar-refractivity contribution in [1.82, 2.24) is 0 Å². The molecule has 0 spiro atoms. The molecule has 1 aromatic rings. The maximum Gasteiger partial charge on any atom is 0.293 e. The third-order valence-corrected chi connectivity index (χ3v) is 3.35. The summed E-state index contributed by atoms with van der Waals surface area (Å²) in [5.74, 6) is 1.67. The Morgan fingerprint density at radius 1 is 1.21 bits per heavy atom. The smallest absolute Gasteiger partial charge is 0.293 e. The Hall–Kier alpha value is -0.830. The number of hydrogen-bond donors (Lipinski definition) is 0. The second kappa shape index (κ2) is 3.39. The molecule has 1 heterocycles. The van der Waals surface area contributed by atoms with E-state index in [9.17, 15) is 0 Å². The molecule has 0 fully saturated rings. The molecule has 0 aromatic heterocycles. The number of benzene rings is 1. The molecule has 0 radical (unpaired) electrons. The average Bonchev–Trinajstić information content (AvgIpc) is 2.64. The Labute approximate surface area is 89.0 Å². The summed E-state index contributed by atoms with van der Waals surface area (Å²) in [6.45, 7) is 6.66.